The van der Waals surface area contributed by atoms with Crippen molar-refractivity contribution in [3.8, 4) is 0 Å². The fourth-order valence-corrected chi connectivity index (χ4v) is 3.30. The maximum Gasteiger partial charge on any atom is 0.241 e. The average molecular weight is 283 g/mol. The van der Waals surface area contributed by atoms with Crippen LogP contribution in [0.3, 0.4) is 0 Å². The van der Waals surface area contributed by atoms with Gasteiger partial charge in [-0.15, -0.1) is 0 Å². The molecule has 106 valence electrons. The molecule has 1 aliphatic heterocycles. The second-order valence-electron chi connectivity index (χ2n) is 5.55. The van der Waals surface area contributed by atoms with Crippen molar-refractivity contribution in [1.82, 2.24) is 9.80 Å². The van der Waals surface area contributed by atoms with E-state index < -0.39 is 5.41 Å². The van der Waals surface area contributed by atoms with Crippen molar-refractivity contribution in [1.29, 1.82) is 0 Å². The number of carbonyl (C=O) groups excluding carboxylic acids is 2. The lowest BCUT2D eigenvalue weighted by molar-refractivity contribution is -0.142. The Balaban J connectivity index is 2.18. The van der Waals surface area contributed by atoms with Gasteiger partial charge in [-0.05, 0) is 19.3 Å². The van der Waals surface area contributed by atoms with Gasteiger partial charge in [-0.25, -0.2) is 0 Å². The molecule has 1 saturated heterocycles. The van der Waals surface area contributed by atoms with Crippen LogP contribution in [-0.4, -0.2) is 53.3 Å². The van der Waals surface area contributed by atoms with Crippen molar-refractivity contribution in [3.05, 3.63) is 0 Å². The lowest BCUT2D eigenvalue weighted by Gasteiger charge is -2.32. The first-order valence-electron chi connectivity index (χ1n) is 6.80. The largest absolute Gasteiger partial charge is 0.392 e. The van der Waals surface area contributed by atoms with Gasteiger partial charge in [0.2, 0.25) is 11.8 Å². The molecule has 0 atom stereocenters. The molecule has 2 N–H and O–H groups in total. The minimum Gasteiger partial charge on any atom is -0.392 e. The van der Waals surface area contributed by atoms with Crippen LogP contribution in [0.2, 0.25) is 0 Å². The van der Waals surface area contributed by atoms with Gasteiger partial charge in [0.05, 0.1) is 16.9 Å². The van der Waals surface area contributed by atoms with Gasteiger partial charge < -0.3 is 15.5 Å². The van der Waals surface area contributed by atoms with Gasteiger partial charge in [0, 0.05) is 20.1 Å². The molecule has 0 bridgehead atoms. The van der Waals surface area contributed by atoms with Crippen LogP contribution in [0.5, 0.6) is 0 Å². The highest BCUT2D eigenvalue weighted by molar-refractivity contribution is 7.80. The van der Waals surface area contributed by atoms with Crippen LogP contribution in [-0.2, 0) is 9.59 Å². The fraction of sp³-hybridized carbons (Fsp3) is 0.769. The summed E-state index contributed by atoms with van der Waals surface area (Å²) in [6.45, 7) is 1.46. The number of hydrogen-bond acceptors (Lipinski definition) is 3. The quantitative estimate of drug-likeness (QED) is 0.751. The minimum absolute atomic E-state index is 0.0121. The number of thiocarbonyl (C=S) groups is 1. The highest BCUT2D eigenvalue weighted by Crippen LogP contribution is 2.40. The van der Waals surface area contributed by atoms with Gasteiger partial charge >= 0.3 is 0 Å². The number of nitrogens with two attached hydrogens (primary N) is 1. The molecular formula is C13H21N3O2S. The SMILES string of the molecule is CN1CCCN(C(=O)C2(C(N)=S)CCCC2)CC1=O. The molecule has 1 heterocycles. The van der Waals surface area contributed by atoms with E-state index in [4.69, 9.17) is 18.0 Å². The Morgan fingerprint density at radius 2 is 1.89 bits per heavy atom. The van der Waals surface area contributed by atoms with Gasteiger partial charge in [-0.2, -0.15) is 0 Å². The number of amides is 2. The van der Waals surface area contributed by atoms with Crippen LogP contribution in [0, 0.1) is 5.41 Å². The first kappa shape index (κ1) is 14.2. The zero-order valence-corrected chi connectivity index (χ0v) is 12.2. The van der Waals surface area contributed by atoms with E-state index in [1.807, 2.05) is 0 Å². The van der Waals surface area contributed by atoms with E-state index in [-0.39, 0.29) is 18.4 Å². The maximum atomic E-state index is 12.8. The van der Waals surface area contributed by atoms with E-state index in [2.05, 4.69) is 0 Å². The van der Waals surface area contributed by atoms with Crippen molar-refractivity contribution in [2.45, 2.75) is 32.1 Å². The highest BCUT2D eigenvalue weighted by Gasteiger charge is 2.46. The highest BCUT2D eigenvalue weighted by atomic mass is 32.1. The van der Waals surface area contributed by atoms with Crippen molar-refractivity contribution in [2.24, 2.45) is 11.1 Å². The molecule has 0 aromatic rings. The molecule has 0 unspecified atom stereocenters. The summed E-state index contributed by atoms with van der Waals surface area (Å²) >= 11 is 5.13. The zero-order chi connectivity index (χ0) is 14.0. The molecular weight excluding hydrogens is 262 g/mol. The van der Waals surface area contributed by atoms with Crippen molar-refractivity contribution in [3.63, 3.8) is 0 Å². The molecule has 0 aromatic heterocycles. The maximum absolute atomic E-state index is 12.8. The van der Waals surface area contributed by atoms with E-state index in [1.165, 1.54) is 0 Å². The van der Waals surface area contributed by atoms with Crippen LogP contribution in [0.15, 0.2) is 0 Å². The van der Waals surface area contributed by atoms with Crippen LogP contribution in [0.25, 0.3) is 0 Å². The summed E-state index contributed by atoms with van der Waals surface area (Å²) in [5, 5.41) is 0. The topological polar surface area (TPSA) is 66.6 Å². The van der Waals surface area contributed by atoms with E-state index in [1.54, 1.807) is 16.8 Å². The van der Waals surface area contributed by atoms with E-state index in [9.17, 15) is 9.59 Å². The first-order chi connectivity index (χ1) is 8.97. The van der Waals surface area contributed by atoms with Gasteiger partial charge in [0.25, 0.3) is 0 Å². The molecule has 0 radical (unpaired) electrons. The summed E-state index contributed by atoms with van der Waals surface area (Å²) < 4.78 is 0. The van der Waals surface area contributed by atoms with Crippen molar-refractivity contribution in [2.75, 3.05) is 26.7 Å². The Morgan fingerprint density at radius 1 is 1.26 bits per heavy atom. The van der Waals surface area contributed by atoms with Gasteiger partial charge in [-0.1, -0.05) is 25.1 Å². The van der Waals surface area contributed by atoms with Gasteiger partial charge in [0.15, 0.2) is 0 Å². The fourth-order valence-electron chi connectivity index (χ4n) is 3.01. The molecule has 2 fully saturated rings. The monoisotopic (exact) mass is 283 g/mol. The van der Waals surface area contributed by atoms with Crippen LogP contribution < -0.4 is 5.73 Å². The number of hydrogen-bond donors (Lipinski definition) is 1. The normalized spacial score (nSPS) is 23.3. The Labute approximate surface area is 119 Å². The van der Waals surface area contributed by atoms with Gasteiger partial charge in [0.1, 0.15) is 0 Å². The molecule has 6 heteroatoms. The van der Waals surface area contributed by atoms with E-state index in [0.717, 1.165) is 32.1 Å². The summed E-state index contributed by atoms with van der Waals surface area (Å²) in [5.41, 5.74) is 5.13. The molecule has 19 heavy (non-hydrogen) atoms. The van der Waals surface area contributed by atoms with Gasteiger partial charge in [-0.3, -0.25) is 9.59 Å². The molecule has 1 saturated carbocycles. The Kier molecular flexibility index (Phi) is 4.08. The molecule has 2 rings (SSSR count). The summed E-state index contributed by atoms with van der Waals surface area (Å²) in [6, 6.07) is 0. The Bertz CT molecular complexity index is 405. The van der Waals surface area contributed by atoms with Crippen LogP contribution in [0.4, 0.5) is 0 Å². The minimum atomic E-state index is -0.696. The predicted octanol–water partition coefficient (Wildman–Crippen LogP) is 0.524. The molecule has 1 aliphatic carbocycles. The standard InChI is InChI=1S/C13H21N3O2S/c1-15-7-4-8-16(9-10(15)17)12(18)13(11(14)19)5-2-3-6-13/h2-9H2,1H3,(H2,14,19). The summed E-state index contributed by atoms with van der Waals surface area (Å²) in [4.78, 5) is 28.3. The number of nitrogens with zero attached hydrogens (tertiary/aromatic N) is 2. The zero-order valence-electron chi connectivity index (χ0n) is 11.4. The summed E-state index contributed by atoms with van der Waals surface area (Å²) in [6.07, 6.45) is 4.21. The molecule has 0 aromatic carbocycles. The lowest BCUT2D eigenvalue weighted by Crippen LogP contribution is -2.50. The third kappa shape index (κ3) is 2.59. The lowest BCUT2D eigenvalue weighted by atomic mass is 9.84. The second kappa shape index (κ2) is 5.45. The summed E-state index contributed by atoms with van der Waals surface area (Å²) in [5.74, 6) is -0.0527. The average Bonchev–Trinajstić information content (AvgIpc) is 2.80. The van der Waals surface area contributed by atoms with E-state index >= 15 is 0 Å². The summed E-state index contributed by atoms with van der Waals surface area (Å²) in [7, 11) is 1.77. The van der Waals surface area contributed by atoms with Crippen molar-refractivity contribution < 1.29 is 9.59 Å². The van der Waals surface area contributed by atoms with Crippen LogP contribution in [0.1, 0.15) is 32.1 Å². The Hall–Kier alpha value is -1.17. The number of likely N-dealkylation sites (N-methyl/N-ethyl adjacent to an activating group) is 1. The third-order valence-corrected chi connectivity index (χ3v) is 4.69. The predicted molar refractivity (Wildman–Crippen MR) is 76.5 cm³/mol. The molecule has 0 spiro atoms. The van der Waals surface area contributed by atoms with Crippen LogP contribution >= 0.6 is 12.2 Å². The molecule has 2 amide bonds. The Morgan fingerprint density at radius 3 is 2.47 bits per heavy atom. The third-order valence-electron chi connectivity index (χ3n) is 4.30. The molecule has 2 aliphatic rings. The second-order valence-corrected chi connectivity index (χ2v) is 5.99. The van der Waals surface area contributed by atoms with Crippen molar-refractivity contribution >= 4 is 29.0 Å². The smallest absolute Gasteiger partial charge is 0.241 e. The first-order valence-corrected chi connectivity index (χ1v) is 7.21. The van der Waals surface area contributed by atoms with E-state index in [0.29, 0.717) is 18.1 Å². The molecule has 5 nitrogen and oxygen atoms in total. The number of rotatable bonds is 2. The number of carbonyl (C=O) groups is 2.